The highest BCUT2D eigenvalue weighted by Crippen LogP contribution is 1.93. The van der Waals surface area contributed by atoms with Crippen molar-refractivity contribution in [2.75, 3.05) is 33.0 Å². The van der Waals surface area contributed by atoms with Crippen molar-refractivity contribution in [2.45, 2.75) is 32.7 Å². The third-order valence-electron chi connectivity index (χ3n) is 1.88. The van der Waals surface area contributed by atoms with E-state index < -0.39 is 6.04 Å². The van der Waals surface area contributed by atoms with Gasteiger partial charge in [-0.3, -0.25) is 4.79 Å². The normalized spacial score (nSPS) is 12.4. The van der Waals surface area contributed by atoms with Gasteiger partial charge in [-0.15, -0.1) is 0 Å². The maximum atomic E-state index is 11.1. The minimum absolute atomic E-state index is 0.359. The molecule has 0 amide bonds. The molecule has 0 saturated carbocycles. The molecule has 0 aromatic rings. The highest BCUT2D eigenvalue weighted by molar-refractivity contribution is 5.75. The Morgan fingerprint density at radius 1 is 1.12 bits per heavy atom. The fraction of sp³-hybridized carbons (Fsp3) is 0.909. The number of esters is 1. The molecule has 16 heavy (non-hydrogen) atoms. The lowest BCUT2D eigenvalue weighted by Gasteiger charge is -2.10. The summed E-state index contributed by atoms with van der Waals surface area (Å²) < 4.78 is 15.3. The van der Waals surface area contributed by atoms with E-state index in [0.717, 1.165) is 13.0 Å². The Balaban J connectivity index is 3.27. The molecule has 0 aromatic carbocycles. The molecule has 0 heterocycles. The van der Waals surface area contributed by atoms with Crippen molar-refractivity contribution in [1.82, 2.24) is 0 Å². The van der Waals surface area contributed by atoms with Gasteiger partial charge in [0.1, 0.15) is 6.04 Å². The van der Waals surface area contributed by atoms with Crippen LogP contribution in [-0.4, -0.2) is 45.0 Å². The summed E-state index contributed by atoms with van der Waals surface area (Å²) in [6.45, 7) is 6.50. The van der Waals surface area contributed by atoms with Crippen molar-refractivity contribution in [2.24, 2.45) is 5.73 Å². The highest BCUT2D eigenvalue weighted by Gasteiger charge is 2.13. The lowest BCUT2D eigenvalue weighted by atomic mass is 10.2. The molecule has 0 fully saturated rings. The van der Waals surface area contributed by atoms with E-state index in [-0.39, 0.29) is 5.97 Å². The molecule has 0 rings (SSSR count). The van der Waals surface area contributed by atoms with Crippen LogP contribution in [0.4, 0.5) is 0 Å². The minimum Gasteiger partial charge on any atom is -0.465 e. The smallest absolute Gasteiger partial charge is 0.322 e. The quantitative estimate of drug-likeness (QED) is 0.444. The number of ether oxygens (including phenoxy) is 3. The number of carbonyl (C=O) groups excluding carboxylic acids is 1. The van der Waals surface area contributed by atoms with Crippen LogP contribution in [0.1, 0.15) is 26.7 Å². The number of rotatable bonds is 10. The van der Waals surface area contributed by atoms with Gasteiger partial charge in [0.05, 0.1) is 19.8 Å². The second-order valence-electron chi connectivity index (χ2n) is 3.37. The largest absolute Gasteiger partial charge is 0.465 e. The van der Waals surface area contributed by atoms with E-state index in [1.807, 2.05) is 0 Å². The Morgan fingerprint density at radius 2 is 1.75 bits per heavy atom. The molecule has 0 spiro atoms. The van der Waals surface area contributed by atoms with Gasteiger partial charge in [0.2, 0.25) is 0 Å². The van der Waals surface area contributed by atoms with E-state index in [2.05, 4.69) is 6.92 Å². The van der Waals surface area contributed by atoms with E-state index in [4.69, 9.17) is 19.9 Å². The first-order valence-electron chi connectivity index (χ1n) is 5.80. The summed E-state index contributed by atoms with van der Waals surface area (Å²) in [7, 11) is 0. The Bertz CT molecular complexity index is 175. The maximum Gasteiger partial charge on any atom is 0.322 e. The molecule has 0 aliphatic heterocycles. The van der Waals surface area contributed by atoms with Gasteiger partial charge >= 0.3 is 5.97 Å². The van der Waals surface area contributed by atoms with E-state index >= 15 is 0 Å². The van der Waals surface area contributed by atoms with Crippen molar-refractivity contribution in [3.8, 4) is 0 Å². The standard InChI is InChI=1S/C11H23NO4/c1-3-6-14-8-9-15-7-5-10(12)11(13)16-4-2/h10H,3-9,12H2,1-2H3. The molecule has 0 bridgehead atoms. The first-order chi connectivity index (χ1) is 7.72. The van der Waals surface area contributed by atoms with Gasteiger partial charge in [0.25, 0.3) is 0 Å². The van der Waals surface area contributed by atoms with Crippen molar-refractivity contribution in [1.29, 1.82) is 0 Å². The first-order valence-corrected chi connectivity index (χ1v) is 5.80. The van der Waals surface area contributed by atoms with E-state index in [9.17, 15) is 4.79 Å². The number of hydrogen-bond donors (Lipinski definition) is 1. The molecule has 2 N–H and O–H groups in total. The summed E-state index contributed by atoms with van der Waals surface area (Å²) in [5.74, 6) is -0.367. The van der Waals surface area contributed by atoms with E-state index in [1.165, 1.54) is 0 Å². The van der Waals surface area contributed by atoms with Crippen LogP contribution < -0.4 is 5.73 Å². The fourth-order valence-corrected chi connectivity index (χ4v) is 1.04. The van der Waals surface area contributed by atoms with Crippen LogP contribution in [0.5, 0.6) is 0 Å². The van der Waals surface area contributed by atoms with Crippen molar-refractivity contribution >= 4 is 5.97 Å². The van der Waals surface area contributed by atoms with Gasteiger partial charge in [-0.25, -0.2) is 0 Å². The Kier molecular flexibility index (Phi) is 10.4. The van der Waals surface area contributed by atoms with Crippen LogP contribution in [-0.2, 0) is 19.0 Å². The molecule has 5 nitrogen and oxygen atoms in total. The van der Waals surface area contributed by atoms with Crippen LogP contribution >= 0.6 is 0 Å². The highest BCUT2D eigenvalue weighted by atomic mass is 16.5. The second kappa shape index (κ2) is 10.9. The lowest BCUT2D eigenvalue weighted by Crippen LogP contribution is -2.33. The summed E-state index contributed by atoms with van der Waals surface area (Å²) in [5, 5.41) is 0. The zero-order chi connectivity index (χ0) is 12.2. The van der Waals surface area contributed by atoms with Crippen LogP contribution in [0.25, 0.3) is 0 Å². The molecule has 0 aromatic heterocycles. The molecule has 5 heteroatoms. The van der Waals surface area contributed by atoms with Crippen LogP contribution in [0.2, 0.25) is 0 Å². The minimum atomic E-state index is -0.587. The zero-order valence-electron chi connectivity index (χ0n) is 10.2. The summed E-state index contributed by atoms with van der Waals surface area (Å²) in [6, 6.07) is -0.587. The molecular weight excluding hydrogens is 210 g/mol. The number of carbonyl (C=O) groups is 1. The molecule has 1 unspecified atom stereocenters. The monoisotopic (exact) mass is 233 g/mol. The van der Waals surface area contributed by atoms with Gasteiger partial charge < -0.3 is 19.9 Å². The summed E-state index contributed by atoms with van der Waals surface area (Å²) >= 11 is 0. The Hall–Kier alpha value is -0.650. The summed E-state index contributed by atoms with van der Waals surface area (Å²) in [5.41, 5.74) is 5.58. The number of hydrogen-bond acceptors (Lipinski definition) is 5. The third-order valence-corrected chi connectivity index (χ3v) is 1.88. The molecular formula is C11H23NO4. The van der Waals surface area contributed by atoms with E-state index in [1.54, 1.807) is 6.92 Å². The topological polar surface area (TPSA) is 70.8 Å². The summed E-state index contributed by atoms with van der Waals surface area (Å²) in [4.78, 5) is 11.1. The van der Waals surface area contributed by atoms with Crippen molar-refractivity contribution < 1.29 is 19.0 Å². The molecule has 96 valence electrons. The van der Waals surface area contributed by atoms with Gasteiger partial charge in [-0.05, 0) is 19.8 Å². The fourth-order valence-electron chi connectivity index (χ4n) is 1.04. The Morgan fingerprint density at radius 3 is 2.31 bits per heavy atom. The predicted molar refractivity (Wildman–Crippen MR) is 61.2 cm³/mol. The zero-order valence-corrected chi connectivity index (χ0v) is 10.2. The number of nitrogens with two attached hydrogens (primary N) is 1. The lowest BCUT2D eigenvalue weighted by molar-refractivity contribution is -0.145. The van der Waals surface area contributed by atoms with E-state index in [0.29, 0.717) is 32.8 Å². The predicted octanol–water partition coefficient (Wildman–Crippen LogP) is 0.710. The molecule has 0 saturated heterocycles. The van der Waals surface area contributed by atoms with Crippen molar-refractivity contribution in [3.05, 3.63) is 0 Å². The molecule has 0 aliphatic carbocycles. The van der Waals surface area contributed by atoms with Gasteiger partial charge in [-0.1, -0.05) is 6.92 Å². The second-order valence-corrected chi connectivity index (χ2v) is 3.37. The van der Waals surface area contributed by atoms with Crippen LogP contribution in [0.15, 0.2) is 0 Å². The molecule has 0 radical (unpaired) electrons. The summed E-state index contributed by atoms with van der Waals surface area (Å²) in [6.07, 6.45) is 1.49. The van der Waals surface area contributed by atoms with Gasteiger partial charge in [0, 0.05) is 13.2 Å². The Labute approximate surface area is 97.2 Å². The maximum absolute atomic E-state index is 11.1. The average molecular weight is 233 g/mol. The van der Waals surface area contributed by atoms with Crippen molar-refractivity contribution in [3.63, 3.8) is 0 Å². The average Bonchev–Trinajstić information content (AvgIpc) is 2.28. The van der Waals surface area contributed by atoms with Gasteiger partial charge in [0.15, 0.2) is 0 Å². The third kappa shape index (κ3) is 8.64. The molecule has 0 aliphatic rings. The van der Waals surface area contributed by atoms with Crippen LogP contribution in [0.3, 0.4) is 0 Å². The molecule has 1 atom stereocenters. The van der Waals surface area contributed by atoms with Crippen LogP contribution in [0, 0.1) is 0 Å². The van der Waals surface area contributed by atoms with Gasteiger partial charge in [-0.2, -0.15) is 0 Å². The first kappa shape index (κ1) is 15.3. The SMILES string of the molecule is CCCOCCOCCC(N)C(=O)OCC.